The molecule has 166 valence electrons. The first kappa shape index (κ1) is 22.4. The molecule has 1 saturated heterocycles. The Balaban J connectivity index is 1.59. The lowest BCUT2D eigenvalue weighted by molar-refractivity contribution is -0.119. The molecule has 0 bridgehead atoms. The van der Waals surface area contributed by atoms with Crippen molar-refractivity contribution in [2.45, 2.75) is 31.7 Å². The van der Waals surface area contributed by atoms with E-state index in [9.17, 15) is 4.79 Å². The van der Waals surface area contributed by atoms with Crippen LogP contribution in [0.1, 0.15) is 37.3 Å². The maximum atomic E-state index is 13.0. The second-order valence-corrected chi connectivity index (χ2v) is 8.54. The van der Waals surface area contributed by atoms with E-state index in [1.165, 1.54) is 6.42 Å². The second kappa shape index (κ2) is 10.2. The summed E-state index contributed by atoms with van der Waals surface area (Å²) in [6.45, 7) is 8.53. The van der Waals surface area contributed by atoms with E-state index in [1.54, 1.807) is 23.2 Å². The average Bonchev–Trinajstić information content (AvgIpc) is 3.24. The van der Waals surface area contributed by atoms with Crippen LogP contribution < -0.4 is 15.2 Å². The average molecular weight is 472 g/mol. The standard InChI is InChI=1S/C23H23Cl2N5O2/c1-26-15-32-18-8-5-16(6-9-18)22-14-20(23(31)28-29-11-3-2-4-12-29)27-30(22)21-10-7-17(24)13-19(21)25/h5-10,13,22H,2-4,11-12,14-15H2,(H,28,31). The topological polar surface area (TPSA) is 61.5 Å². The Hall–Kier alpha value is -2.79. The van der Waals surface area contributed by atoms with E-state index in [1.807, 2.05) is 29.3 Å². The lowest BCUT2D eigenvalue weighted by atomic mass is 10.0. The first-order valence-corrected chi connectivity index (χ1v) is 11.2. The summed E-state index contributed by atoms with van der Waals surface area (Å²) >= 11 is 12.6. The minimum atomic E-state index is -0.217. The number of hydrogen-bond acceptors (Lipinski definition) is 5. The summed E-state index contributed by atoms with van der Waals surface area (Å²) in [4.78, 5) is 16.2. The first-order valence-electron chi connectivity index (χ1n) is 10.5. The summed E-state index contributed by atoms with van der Waals surface area (Å²) in [5.41, 5.74) is 5.07. The largest absolute Gasteiger partial charge is 0.426 e. The highest BCUT2D eigenvalue weighted by molar-refractivity contribution is 6.40. The molecule has 4 rings (SSSR count). The quantitative estimate of drug-likeness (QED) is 0.597. The van der Waals surface area contributed by atoms with Crippen LogP contribution in [0.25, 0.3) is 4.85 Å². The van der Waals surface area contributed by atoms with Gasteiger partial charge in [-0.05, 0) is 48.7 Å². The van der Waals surface area contributed by atoms with E-state index >= 15 is 0 Å². The molecule has 0 aromatic heterocycles. The van der Waals surface area contributed by atoms with Gasteiger partial charge in [0.1, 0.15) is 11.5 Å². The maximum absolute atomic E-state index is 13.0. The predicted octanol–water partition coefficient (Wildman–Crippen LogP) is 5.07. The van der Waals surface area contributed by atoms with Crippen LogP contribution in [0.15, 0.2) is 47.6 Å². The molecule has 0 aliphatic carbocycles. The third-order valence-corrected chi connectivity index (χ3v) is 6.04. The number of piperidine rings is 1. The molecule has 7 nitrogen and oxygen atoms in total. The van der Waals surface area contributed by atoms with Gasteiger partial charge in [-0.1, -0.05) is 41.8 Å². The zero-order chi connectivity index (χ0) is 22.5. The molecular formula is C23H23Cl2N5O2. The number of nitrogens with zero attached hydrogens (tertiary/aromatic N) is 4. The molecule has 2 aliphatic rings. The van der Waals surface area contributed by atoms with Gasteiger partial charge < -0.3 is 4.74 Å². The lowest BCUT2D eigenvalue weighted by Gasteiger charge is -2.26. The number of ether oxygens (including phenoxy) is 1. The number of benzene rings is 2. The van der Waals surface area contributed by atoms with E-state index in [4.69, 9.17) is 34.5 Å². The van der Waals surface area contributed by atoms with Crippen LogP contribution in [-0.2, 0) is 4.79 Å². The summed E-state index contributed by atoms with van der Waals surface area (Å²) in [7, 11) is 0. The molecule has 1 atom stereocenters. The summed E-state index contributed by atoms with van der Waals surface area (Å²) in [5.74, 6) is 0.421. The molecule has 1 unspecified atom stereocenters. The van der Waals surface area contributed by atoms with Gasteiger partial charge in [0.15, 0.2) is 0 Å². The second-order valence-electron chi connectivity index (χ2n) is 7.70. The minimum absolute atomic E-state index is 0.0286. The number of carbonyl (C=O) groups excluding carboxylic acids is 1. The van der Waals surface area contributed by atoms with Crippen LogP contribution in [0.4, 0.5) is 5.69 Å². The molecule has 0 radical (unpaired) electrons. The smallest absolute Gasteiger partial charge is 0.357 e. The van der Waals surface area contributed by atoms with Gasteiger partial charge in [-0.15, -0.1) is 0 Å². The van der Waals surface area contributed by atoms with E-state index < -0.39 is 0 Å². The van der Waals surface area contributed by atoms with Crippen molar-refractivity contribution in [2.24, 2.45) is 5.10 Å². The Morgan fingerprint density at radius 2 is 1.91 bits per heavy atom. The van der Waals surface area contributed by atoms with E-state index in [2.05, 4.69) is 15.4 Å². The Morgan fingerprint density at radius 1 is 1.16 bits per heavy atom. The number of amides is 1. The number of carbonyl (C=O) groups is 1. The van der Waals surface area contributed by atoms with Crippen molar-refractivity contribution >= 4 is 40.5 Å². The van der Waals surface area contributed by atoms with E-state index in [0.29, 0.717) is 33.6 Å². The van der Waals surface area contributed by atoms with Crippen LogP contribution in [0.3, 0.4) is 0 Å². The molecule has 2 aromatic carbocycles. The minimum Gasteiger partial charge on any atom is -0.426 e. The van der Waals surface area contributed by atoms with Crippen molar-refractivity contribution in [1.82, 2.24) is 10.4 Å². The molecule has 2 aliphatic heterocycles. The number of anilines is 1. The normalized spacial score (nSPS) is 18.7. The SMILES string of the molecule is [C-]#[N+]COc1ccc(C2CC(C(=O)NN3CCCCC3)=NN2c2ccc(Cl)cc2Cl)cc1. The Kier molecular flexibility index (Phi) is 7.15. The molecule has 2 aromatic rings. The number of rotatable bonds is 6. The van der Waals surface area contributed by atoms with Gasteiger partial charge in [0.25, 0.3) is 5.91 Å². The third kappa shape index (κ3) is 5.16. The summed E-state index contributed by atoms with van der Waals surface area (Å²) in [6, 6.07) is 12.5. The van der Waals surface area contributed by atoms with Gasteiger partial charge >= 0.3 is 6.73 Å². The van der Waals surface area contributed by atoms with Gasteiger partial charge in [0.2, 0.25) is 0 Å². The van der Waals surface area contributed by atoms with Crippen molar-refractivity contribution in [3.05, 3.63) is 69.5 Å². The van der Waals surface area contributed by atoms with Crippen molar-refractivity contribution in [3.8, 4) is 5.75 Å². The first-order chi connectivity index (χ1) is 15.5. The maximum Gasteiger partial charge on any atom is 0.357 e. The van der Waals surface area contributed by atoms with Crippen molar-refractivity contribution in [3.63, 3.8) is 0 Å². The van der Waals surface area contributed by atoms with Gasteiger partial charge in [0, 0.05) is 24.5 Å². The number of hydrazone groups is 1. The van der Waals surface area contributed by atoms with E-state index in [0.717, 1.165) is 31.5 Å². The fourth-order valence-electron chi connectivity index (χ4n) is 3.90. The molecule has 9 heteroatoms. The van der Waals surface area contributed by atoms with Crippen molar-refractivity contribution < 1.29 is 9.53 Å². The van der Waals surface area contributed by atoms with Gasteiger partial charge in [0.05, 0.1) is 16.8 Å². The fraction of sp³-hybridized carbons (Fsp3) is 0.348. The van der Waals surface area contributed by atoms with Crippen LogP contribution in [0.2, 0.25) is 10.0 Å². The zero-order valence-corrected chi connectivity index (χ0v) is 18.9. The van der Waals surface area contributed by atoms with E-state index in [-0.39, 0.29) is 18.7 Å². The highest BCUT2D eigenvalue weighted by atomic mass is 35.5. The highest BCUT2D eigenvalue weighted by Crippen LogP contribution is 2.40. The van der Waals surface area contributed by atoms with Gasteiger partial charge in [-0.3, -0.25) is 20.1 Å². The van der Waals surface area contributed by atoms with Crippen molar-refractivity contribution in [2.75, 3.05) is 24.8 Å². The molecule has 2 heterocycles. The third-order valence-electron chi connectivity index (χ3n) is 5.51. The molecule has 1 N–H and O–H groups in total. The number of nitrogens with one attached hydrogen (secondary N) is 1. The predicted molar refractivity (Wildman–Crippen MR) is 126 cm³/mol. The van der Waals surface area contributed by atoms with Crippen LogP contribution in [0, 0.1) is 6.57 Å². The monoisotopic (exact) mass is 471 g/mol. The molecule has 1 amide bonds. The van der Waals surface area contributed by atoms with Crippen LogP contribution in [0.5, 0.6) is 5.75 Å². The van der Waals surface area contributed by atoms with Gasteiger partial charge in [-0.2, -0.15) is 5.10 Å². The molecule has 1 fully saturated rings. The Labute approximate surface area is 197 Å². The van der Waals surface area contributed by atoms with Crippen molar-refractivity contribution in [1.29, 1.82) is 0 Å². The molecule has 0 spiro atoms. The summed E-state index contributed by atoms with van der Waals surface area (Å²) in [6.07, 6.45) is 3.77. The fourth-order valence-corrected chi connectivity index (χ4v) is 4.40. The summed E-state index contributed by atoms with van der Waals surface area (Å²) < 4.78 is 5.36. The van der Waals surface area contributed by atoms with Gasteiger partial charge in [-0.25, -0.2) is 11.6 Å². The number of hydrogen-bond donors (Lipinski definition) is 1. The highest BCUT2D eigenvalue weighted by Gasteiger charge is 2.34. The molecular weight excluding hydrogens is 449 g/mol. The number of hydrazine groups is 1. The lowest BCUT2D eigenvalue weighted by Crippen LogP contribution is -2.47. The molecule has 0 saturated carbocycles. The zero-order valence-electron chi connectivity index (χ0n) is 17.4. The number of halogens is 2. The van der Waals surface area contributed by atoms with Crippen LogP contribution in [-0.4, -0.2) is 36.4 Å². The molecule has 32 heavy (non-hydrogen) atoms. The Morgan fingerprint density at radius 3 is 2.59 bits per heavy atom. The Bertz CT molecular complexity index is 1050. The summed E-state index contributed by atoms with van der Waals surface area (Å²) in [5, 5.41) is 9.39. The van der Waals surface area contributed by atoms with Crippen LogP contribution >= 0.6 is 23.2 Å².